The van der Waals surface area contributed by atoms with E-state index in [-0.39, 0.29) is 18.9 Å². The standard InChI is InChI=1S/C39H42N2O11/c40-20-38(10-11-38)37(50)41-14-12-39(13-15-41)25-17-21(3-7-27-31(44)35(48)33(46)29(51-27)9-16-42)1-5-23(25)24-6-2-22(18-26(24)39)4-8-28-32(45)36(49)34(47)30(19-43)52-28/h1-2,5-6,17-18,27-36,42-49H,9-16,19H2/t27-,28-,29-,30-,31-,32-,33-,34-,35-,36-/m1/s1. The molecule has 274 valence electrons. The molecule has 13 heteroatoms. The average Bonchev–Trinajstić information content (AvgIpc) is 3.93. The van der Waals surface area contributed by atoms with Gasteiger partial charge in [0.1, 0.15) is 60.4 Å². The highest BCUT2D eigenvalue weighted by Crippen LogP contribution is 2.55. The molecule has 5 aliphatic rings. The highest BCUT2D eigenvalue weighted by Gasteiger charge is 2.54. The van der Waals surface area contributed by atoms with Gasteiger partial charge < -0.3 is 55.2 Å². The van der Waals surface area contributed by atoms with Crippen molar-refractivity contribution >= 4 is 5.91 Å². The Labute approximate surface area is 300 Å². The van der Waals surface area contributed by atoms with E-state index in [4.69, 9.17) is 9.47 Å². The summed E-state index contributed by atoms with van der Waals surface area (Å²) >= 11 is 0. The fourth-order valence-corrected chi connectivity index (χ4v) is 8.05. The summed E-state index contributed by atoms with van der Waals surface area (Å²) < 4.78 is 11.3. The Morgan fingerprint density at radius 1 is 0.731 bits per heavy atom. The Hall–Kier alpha value is -3.88. The number of ether oxygens (including phenoxy) is 2. The van der Waals surface area contributed by atoms with Crippen molar-refractivity contribution in [2.75, 3.05) is 26.3 Å². The largest absolute Gasteiger partial charge is 0.396 e. The van der Waals surface area contributed by atoms with Gasteiger partial charge in [-0.1, -0.05) is 35.8 Å². The summed E-state index contributed by atoms with van der Waals surface area (Å²) in [6.45, 7) is 0.00616. The van der Waals surface area contributed by atoms with Crippen LogP contribution in [0.2, 0.25) is 0 Å². The molecule has 7 rings (SSSR count). The number of carbonyl (C=O) groups is 1. The number of rotatable bonds is 4. The first kappa shape index (κ1) is 36.5. The van der Waals surface area contributed by atoms with E-state index in [0.29, 0.717) is 49.9 Å². The molecule has 3 aliphatic heterocycles. The molecule has 1 saturated carbocycles. The van der Waals surface area contributed by atoms with Gasteiger partial charge in [0.25, 0.3) is 0 Å². The highest BCUT2D eigenvalue weighted by atomic mass is 16.5. The summed E-state index contributed by atoms with van der Waals surface area (Å²) in [5.74, 6) is 11.7. The number of aliphatic hydroxyl groups is 8. The maximum absolute atomic E-state index is 13.3. The van der Waals surface area contributed by atoms with Crippen LogP contribution >= 0.6 is 0 Å². The first-order valence-electron chi connectivity index (χ1n) is 17.6. The van der Waals surface area contributed by atoms with Gasteiger partial charge in [0.05, 0.1) is 18.8 Å². The molecule has 2 aromatic carbocycles. The summed E-state index contributed by atoms with van der Waals surface area (Å²) in [5.41, 5.74) is 3.64. The third kappa shape index (κ3) is 6.19. The molecule has 1 spiro atoms. The van der Waals surface area contributed by atoms with E-state index in [0.717, 1.165) is 22.3 Å². The van der Waals surface area contributed by atoms with Gasteiger partial charge in [-0.05, 0) is 78.6 Å². The molecule has 3 saturated heterocycles. The number of hydrogen-bond acceptors (Lipinski definition) is 12. The fraction of sp³-hybridized carbons (Fsp3) is 0.538. The Morgan fingerprint density at radius 3 is 1.69 bits per heavy atom. The molecule has 4 fully saturated rings. The maximum atomic E-state index is 13.3. The third-order valence-electron chi connectivity index (χ3n) is 11.4. The lowest BCUT2D eigenvalue weighted by Crippen LogP contribution is -2.58. The van der Waals surface area contributed by atoms with Crippen molar-refractivity contribution in [3.63, 3.8) is 0 Å². The van der Waals surface area contributed by atoms with Crippen LogP contribution in [-0.4, -0.2) is 139 Å². The van der Waals surface area contributed by atoms with E-state index in [2.05, 4.69) is 29.8 Å². The molecule has 52 heavy (non-hydrogen) atoms. The van der Waals surface area contributed by atoms with Crippen LogP contribution < -0.4 is 0 Å². The number of likely N-dealkylation sites (tertiary alicyclic amines) is 1. The second-order valence-corrected chi connectivity index (χ2v) is 14.5. The first-order chi connectivity index (χ1) is 25.0. The Balaban J connectivity index is 1.22. The highest BCUT2D eigenvalue weighted by molar-refractivity contribution is 5.89. The number of hydrogen-bond donors (Lipinski definition) is 8. The summed E-state index contributed by atoms with van der Waals surface area (Å²) in [6, 6.07) is 13.7. The van der Waals surface area contributed by atoms with Crippen LogP contribution in [0.3, 0.4) is 0 Å². The van der Waals surface area contributed by atoms with Crippen molar-refractivity contribution in [3.8, 4) is 40.9 Å². The number of nitrogens with zero attached hydrogens (tertiary/aromatic N) is 2. The number of benzene rings is 2. The van der Waals surface area contributed by atoms with Gasteiger partial charge in [-0.25, -0.2) is 0 Å². The molecule has 1 amide bonds. The SMILES string of the molecule is N#CC1(C(=O)N2CCC3(CC2)c2cc(C#C[C@H]4O[C@H](CO)[C@@H](O)[C@H](O)[C@@H]4O)ccc2-c2ccc(C#C[C@H]4O[C@H](CCO)[C@@H](O)[C@H](O)[C@@H]4O)cc23)CC1. The zero-order chi connectivity index (χ0) is 36.9. The van der Waals surface area contributed by atoms with Gasteiger partial charge >= 0.3 is 0 Å². The van der Waals surface area contributed by atoms with Crippen LogP contribution in [0.1, 0.15) is 54.4 Å². The van der Waals surface area contributed by atoms with Crippen molar-refractivity contribution in [1.82, 2.24) is 4.90 Å². The Morgan fingerprint density at radius 2 is 1.23 bits per heavy atom. The average molecular weight is 715 g/mol. The van der Waals surface area contributed by atoms with Gasteiger partial charge in [0.2, 0.25) is 5.91 Å². The minimum atomic E-state index is -1.55. The summed E-state index contributed by atoms with van der Waals surface area (Å²) in [6.07, 6.45) is -10.8. The summed E-state index contributed by atoms with van der Waals surface area (Å²) in [7, 11) is 0. The number of nitriles is 1. The predicted molar refractivity (Wildman–Crippen MR) is 182 cm³/mol. The van der Waals surface area contributed by atoms with Crippen LogP contribution in [0.5, 0.6) is 0 Å². The van der Waals surface area contributed by atoms with Crippen LogP contribution in [0.25, 0.3) is 11.1 Å². The van der Waals surface area contributed by atoms with Crippen LogP contribution in [0.4, 0.5) is 0 Å². The van der Waals surface area contributed by atoms with Crippen LogP contribution in [0, 0.1) is 40.4 Å². The summed E-state index contributed by atoms with van der Waals surface area (Å²) in [4.78, 5) is 15.1. The van der Waals surface area contributed by atoms with E-state index < -0.39 is 78.5 Å². The second-order valence-electron chi connectivity index (χ2n) is 14.5. The van der Waals surface area contributed by atoms with E-state index >= 15 is 0 Å². The number of fused-ring (bicyclic) bond motifs is 5. The van der Waals surface area contributed by atoms with Crippen LogP contribution in [0.15, 0.2) is 36.4 Å². The van der Waals surface area contributed by atoms with Crippen molar-refractivity contribution < 1.29 is 55.1 Å². The normalized spacial score (nSPS) is 33.8. The molecule has 8 N–H and O–H groups in total. The molecule has 0 bridgehead atoms. The van der Waals surface area contributed by atoms with Crippen molar-refractivity contribution in [2.45, 2.75) is 98.6 Å². The van der Waals surface area contributed by atoms with Gasteiger partial charge in [-0.15, -0.1) is 0 Å². The number of piperidine rings is 1. The molecular formula is C39H42N2O11. The monoisotopic (exact) mass is 714 g/mol. The lowest BCUT2D eigenvalue weighted by atomic mass is 9.70. The van der Waals surface area contributed by atoms with Gasteiger partial charge in [-0.2, -0.15) is 5.26 Å². The third-order valence-corrected chi connectivity index (χ3v) is 11.4. The molecule has 2 aliphatic carbocycles. The molecular weight excluding hydrogens is 672 g/mol. The minimum absolute atomic E-state index is 0.0621. The molecule has 10 atom stereocenters. The number of aliphatic hydroxyl groups excluding tert-OH is 8. The zero-order valence-corrected chi connectivity index (χ0v) is 28.3. The second kappa shape index (κ2) is 14.2. The number of amides is 1. The van der Waals surface area contributed by atoms with Crippen LogP contribution in [-0.2, 0) is 19.7 Å². The number of carbonyl (C=O) groups excluding carboxylic acids is 1. The topological polar surface area (TPSA) is 224 Å². The zero-order valence-electron chi connectivity index (χ0n) is 28.3. The van der Waals surface area contributed by atoms with Gasteiger partial charge in [-0.3, -0.25) is 4.79 Å². The quantitative estimate of drug-likeness (QED) is 0.172. The van der Waals surface area contributed by atoms with Crippen molar-refractivity contribution in [3.05, 3.63) is 58.7 Å². The van der Waals surface area contributed by atoms with Crippen molar-refractivity contribution in [2.24, 2.45) is 5.41 Å². The van der Waals surface area contributed by atoms with E-state index in [1.54, 1.807) is 4.90 Å². The lowest BCUT2D eigenvalue weighted by molar-refractivity contribution is -0.214. The Kier molecular flexibility index (Phi) is 9.94. The van der Waals surface area contributed by atoms with Gasteiger partial charge in [0.15, 0.2) is 0 Å². The van der Waals surface area contributed by atoms with Gasteiger partial charge in [0, 0.05) is 36.2 Å². The minimum Gasteiger partial charge on any atom is -0.396 e. The molecule has 0 radical (unpaired) electrons. The molecule has 3 heterocycles. The van der Waals surface area contributed by atoms with E-state index in [1.807, 2.05) is 36.4 Å². The smallest absolute Gasteiger partial charge is 0.243 e. The van der Waals surface area contributed by atoms with E-state index in [1.165, 1.54) is 0 Å². The molecule has 2 aromatic rings. The molecule has 0 aromatic heterocycles. The lowest BCUT2D eigenvalue weighted by Gasteiger charge is -2.41. The fourth-order valence-electron chi connectivity index (χ4n) is 8.05. The molecule has 13 nitrogen and oxygen atoms in total. The van der Waals surface area contributed by atoms with E-state index in [9.17, 15) is 50.9 Å². The molecule has 0 unspecified atom stereocenters. The summed E-state index contributed by atoms with van der Waals surface area (Å²) in [5, 5.41) is 90.8. The predicted octanol–water partition coefficient (Wildman–Crippen LogP) is -1.34. The first-order valence-corrected chi connectivity index (χ1v) is 17.6. The maximum Gasteiger partial charge on any atom is 0.243 e. The Bertz CT molecular complexity index is 1870. The van der Waals surface area contributed by atoms with Crippen molar-refractivity contribution in [1.29, 1.82) is 5.26 Å².